The maximum atomic E-state index is 13.1. The minimum Gasteiger partial charge on any atom is -0.462 e. The zero-order chi connectivity index (χ0) is 69.8. The van der Waals surface area contributed by atoms with Gasteiger partial charge in [0.15, 0.2) is 12.2 Å². The van der Waals surface area contributed by atoms with E-state index >= 15 is 0 Å². The highest BCUT2D eigenvalue weighted by molar-refractivity contribution is 7.47. The van der Waals surface area contributed by atoms with Crippen molar-refractivity contribution in [3.8, 4) is 0 Å². The smallest absolute Gasteiger partial charge is 0.462 e. The second kappa shape index (κ2) is 68.2. The average Bonchev–Trinajstić information content (AvgIpc) is 1.57. The molecule has 17 nitrogen and oxygen atoms in total. The molecule has 0 amide bonds. The SMILES string of the molecule is CCCCCC/C=C\C=C/CCCCCCCC(=O)OC[C@H](COP(=O)(O)OC[C@@H](O)COP(=O)(O)OC[C@@H](COC(=O)CCCCCCCCC)OC(=O)CCCCCCC/C=C\C=C/CCCCCC)OC(=O)CCCCCCCCCCCCCCCCC(C)CC. The molecular weight excluding hydrogens is 1250 g/mol. The molecule has 0 aliphatic rings. The Balaban J connectivity index is 5.27. The Morgan fingerprint density at radius 2 is 0.589 bits per heavy atom. The number of aliphatic hydroxyl groups excluding tert-OH is 1. The van der Waals surface area contributed by atoms with Gasteiger partial charge < -0.3 is 33.8 Å². The summed E-state index contributed by atoms with van der Waals surface area (Å²) in [6.07, 6.45) is 62.7. The van der Waals surface area contributed by atoms with Gasteiger partial charge in [0.25, 0.3) is 0 Å². The van der Waals surface area contributed by atoms with Crippen LogP contribution in [0.25, 0.3) is 0 Å². The number of ether oxygens (including phenoxy) is 4. The Morgan fingerprint density at radius 1 is 0.337 bits per heavy atom. The molecule has 0 aliphatic heterocycles. The molecule has 3 N–H and O–H groups in total. The number of esters is 4. The summed E-state index contributed by atoms with van der Waals surface area (Å²) in [5.74, 6) is -1.34. The molecule has 6 atom stereocenters. The molecule has 3 unspecified atom stereocenters. The van der Waals surface area contributed by atoms with Gasteiger partial charge in [0, 0.05) is 25.7 Å². The van der Waals surface area contributed by atoms with E-state index in [0.29, 0.717) is 25.7 Å². The maximum absolute atomic E-state index is 13.1. The minimum absolute atomic E-state index is 0.0824. The number of rotatable bonds is 72. The summed E-state index contributed by atoms with van der Waals surface area (Å²) < 4.78 is 68.3. The number of aliphatic hydroxyl groups is 1. The summed E-state index contributed by atoms with van der Waals surface area (Å²) in [5, 5.41) is 10.6. The molecule has 0 aliphatic carbocycles. The second-order valence-corrected chi connectivity index (χ2v) is 29.2. The van der Waals surface area contributed by atoms with E-state index in [4.69, 9.17) is 37.0 Å². The topological polar surface area (TPSA) is 237 Å². The van der Waals surface area contributed by atoms with Crippen molar-refractivity contribution in [1.29, 1.82) is 0 Å². The molecule has 0 aromatic carbocycles. The van der Waals surface area contributed by atoms with Crippen LogP contribution in [-0.4, -0.2) is 96.7 Å². The Hall–Kier alpha value is -2.98. The van der Waals surface area contributed by atoms with E-state index in [1.807, 2.05) is 0 Å². The molecule has 19 heteroatoms. The third-order valence-corrected chi connectivity index (χ3v) is 18.8. The van der Waals surface area contributed by atoms with Crippen molar-refractivity contribution in [1.82, 2.24) is 0 Å². The largest absolute Gasteiger partial charge is 0.472 e. The molecule has 556 valence electrons. The molecule has 0 bridgehead atoms. The first-order chi connectivity index (χ1) is 46.1. The first kappa shape index (κ1) is 92.0. The van der Waals surface area contributed by atoms with Crippen molar-refractivity contribution in [2.24, 2.45) is 5.92 Å². The normalized spacial score (nSPS) is 14.6. The molecule has 0 rings (SSSR count). The first-order valence-electron chi connectivity index (χ1n) is 38.3. The summed E-state index contributed by atoms with van der Waals surface area (Å²) in [7, 11) is -9.93. The van der Waals surface area contributed by atoms with Gasteiger partial charge in [-0.2, -0.15) is 0 Å². The predicted octanol–water partition coefficient (Wildman–Crippen LogP) is 21.6. The first-order valence-corrected chi connectivity index (χ1v) is 41.3. The van der Waals surface area contributed by atoms with E-state index < -0.39 is 97.5 Å². The van der Waals surface area contributed by atoms with Crippen LogP contribution in [0.5, 0.6) is 0 Å². The van der Waals surface area contributed by atoms with Gasteiger partial charge in [0.2, 0.25) is 0 Å². The van der Waals surface area contributed by atoms with E-state index in [1.165, 1.54) is 128 Å². The van der Waals surface area contributed by atoms with Crippen LogP contribution in [0.2, 0.25) is 0 Å². The number of carbonyl (C=O) groups excluding carboxylic acids is 4. The van der Waals surface area contributed by atoms with E-state index in [0.717, 1.165) is 141 Å². The Kier molecular flexibility index (Phi) is 66.0. The molecule has 0 radical (unpaired) electrons. The van der Waals surface area contributed by atoms with Crippen LogP contribution in [0.15, 0.2) is 48.6 Å². The van der Waals surface area contributed by atoms with Crippen molar-refractivity contribution in [3.63, 3.8) is 0 Å². The van der Waals surface area contributed by atoms with Crippen molar-refractivity contribution in [3.05, 3.63) is 48.6 Å². The molecule has 0 fully saturated rings. The van der Waals surface area contributed by atoms with Crippen LogP contribution in [-0.2, 0) is 65.4 Å². The van der Waals surface area contributed by atoms with Crippen molar-refractivity contribution in [2.45, 2.75) is 368 Å². The van der Waals surface area contributed by atoms with Crippen molar-refractivity contribution in [2.75, 3.05) is 39.6 Å². The molecule has 0 spiro atoms. The Labute approximate surface area is 578 Å². The summed E-state index contributed by atoms with van der Waals surface area (Å²) in [4.78, 5) is 72.6. The lowest BCUT2D eigenvalue weighted by Gasteiger charge is -2.21. The van der Waals surface area contributed by atoms with Gasteiger partial charge in [-0.3, -0.25) is 37.3 Å². The minimum atomic E-state index is -4.97. The summed E-state index contributed by atoms with van der Waals surface area (Å²) in [5.41, 5.74) is 0. The molecule has 0 aromatic heterocycles. The number of hydrogen-bond acceptors (Lipinski definition) is 15. The van der Waals surface area contributed by atoms with Gasteiger partial charge in [0.05, 0.1) is 26.4 Å². The number of phosphoric ester groups is 2. The molecule has 0 saturated carbocycles. The van der Waals surface area contributed by atoms with Crippen LogP contribution >= 0.6 is 15.6 Å². The third-order valence-electron chi connectivity index (χ3n) is 16.9. The molecular formula is C76H140O17P2. The quantitative estimate of drug-likeness (QED) is 0.0169. The molecule has 0 saturated heterocycles. The van der Waals surface area contributed by atoms with Gasteiger partial charge in [-0.15, -0.1) is 0 Å². The zero-order valence-electron chi connectivity index (χ0n) is 60.8. The van der Waals surface area contributed by atoms with Gasteiger partial charge in [-0.1, -0.05) is 295 Å². The Bertz CT molecular complexity index is 2010. The van der Waals surface area contributed by atoms with E-state index in [2.05, 4.69) is 83.2 Å². The van der Waals surface area contributed by atoms with Crippen LogP contribution in [0.4, 0.5) is 0 Å². The van der Waals surface area contributed by atoms with Crippen LogP contribution in [0.3, 0.4) is 0 Å². The predicted molar refractivity (Wildman–Crippen MR) is 386 cm³/mol. The van der Waals surface area contributed by atoms with Crippen LogP contribution in [0.1, 0.15) is 349 Å². The van der Waals surface area contributed by atoms with Gasteiger partial charge in [-0.05, 0) is 83.0 Å². The van der Waals surface area contributed by atoms with E-state index in [-0.39, 0.29) is 25.7 Å². The number of unbranched alkanes of at least 4 members (excludes halogenated alkanes) is 37. The summed E-state index contributed by atoms with van der Waals surface area (Å²) in [6.45, 7) is 7.17. The van der Waals surface area contributed by atoms with Crippen LogP contribution < -0.4 is 0 Å². The molecule has 0 aromatic rings. The van der Waals surface area contributed by atoms with Crippen LogP contribution in [0, 0.1) is 5.92 Å². The highest BCUT2D eigenvalue weighted by Crippen LogP contribution is 2.45. The number of allylic oxidation sites excluding steroid dienone is 8. The number of carbonyl (C=O) groups is 4. The molecule has 0 heterocycles. The fourth-order valence-electron chi connectivity index (χ4n) is 10.6. The lowest BCUT2D eigenvalue weighted by atomic mass is 9.99. The fraction of sp³-hybridized carbons (Fsp3) is 0.842. The zero-order valence-corrected chi connectivity index (χ0v) is 62.6. The number of hydrogen-bond donors (Lipinski definition) is 3. The second-order valence-electron chi connectivity index (χ2n) is 26.3. The maximum Gasteiger partial charge on any atom is 0.472 e. The van der Waals surface area contributed by atoms with Crippen molar-refractivity contribution >= 4 is 39.5 Å². The van der Waals surface area contributed by atoms with Gasteiger partial charge in [0.1, 0.15) is 19.3 Å². The van der Waals surface area contributed by atoms with Crippen molar-refractivity contribution < 1.29 is 80.2 Å². The molecule has 95 heavy (non-hydrogen) atoms. The van der Waals surface area contributed by atoms with Gasteiger partial charge in [-0.25, -0.2) is 9.13 Å². The average molecular weight is 1390 g/mol. The standard InChI is InChI=1S/C76H140O17P2/c1-6-10-13-16-19-21-23-25-27-32-36-40-45-50-55-60-74(79)87-66-72(93-76(81)62-57-52-47-42-38-34-30-29-31-35-39-44-48-53-58-69(5)9-4)68-91-95(84,85)89-64-70(77)63-88-94(82,83)90-67-71(65-86-73(78)59-54-49-43-18-15-12-8-3)92-75(80)61-56-51-46-41-37-33-28-26-24-22-20-17-14-11-7-2/h21-28,69-72,77H,6-20,29-68H2,1-5H3,(H,82,83)(H,84,85)/b23-21-,24-22-,27-25-,28-26-/t69?,70-,71+,72+/m0/s1. The van der Waals surface area contributed by atoms with E-state index in [9.17, 15) is 43.2 Å². The summed E-state index contributed by atoms with van der Waals surface area (Å²) in [6, 6.07) is 0. The Morgan fingerprint density at radius 3 is 0.895 bits per heavy atom. The fourth-order valence-corrected chi connectivity index (χ4v) is 12.2. The van der Waals surface area contributed by atoms with E-state index in [1.54, 1.807) is 0 Å². The highest BCUT2D eigenvalue weighted by atomic mass is 31.2. The lowest BCUT2D eigenvalue weighted by molar-refractivity contribution is -0.161. The lowest BCUT2D eigenvalue weighted by Crippen LogP contribution is -2.30. The third kappa shape index (κ3) is 68.0. The monoisotopic (exact) mass is 1390 g/mol. The summed E-state index contributed by atoms with van der Waals surface area (Å²) >= 11 is 0. The highest BCUT2D eigenvalue weighted by Gasteiger charge is 2.30. The van der Waals surface area contributed by atoms with Gasteiger partial charge >= 0.3 is 39.5 Å². The number of phosphoric acid groups is 2.